The molecule has 0 bridgehead atoms. The molecule has 60 valence electrons. The third-order valence-electron chi connectivity index (χ3n) is 1.42. The Labute approximate surface area is 74.8 Å². The molecule has 12 heavy (non-hydrogen) atoms. The van der Waals surface area contributed by atoms with Crippen LogP contribution in [0.4, 0.5) is 10.7 Å². The summed E-state index contributed by atoms with van der Waals surface area (Å²) in [4.78, 5) is 0.607. The number of rotatable bonds is 1. The van der Waals surface area contributed by atoms with Crippen LogP contribution in [0.2, 0.25) is 0 Å². The maximum atomic E-state index is 8.71. The van der Waals surface area contributed by atoms with E-state index in [1.165, 1.54) is 11.3 Å². The van der Waals surface area contributed by atoms with Gasteiger partial charge in [-0.15, -0.1) is 17.8 Å². The summed E-state index contributed by atoms with van der Waals surface area (Å²) in [5, 5.41) is 12.3. The van der Waals surface area contributed by atoms with E-state index in [2.05, 4.69) is 11.2 Å². The Morgan fingerprint density at radius 2 is 2.33 bits per heavy atom. The first kappa shape index (κ1) is 8.45. The minimum Gasteiger partial charge on any atom is -0.396 e. The van der Waals surface area contributed by atoms with Gasteiger partial charge in [-0.3, -0.25) is 0 Å². The summed E-state index contributed by atoms with van der Waals surface area (Å²) in [6.45, 7) is 0. The number of terminal acetylenes is 1. The predicted octanol–water partition coefficient (Wildman–Crippen LogP) is 1.22. The van der Waals surface area contributed by atoms with E-state index in [4.69, 9.17) is 17.4 Å². The van der Waals surface area contributed by atoms with Crippen molar-refractivity contribution in [1.82, 2.24) is 0 Å². The number of nitriles is 1. The third kappa shape index (κ3) is 1.09. The number of nitrogens with zero attached hydrogens (tertiary/aromatic N) is 1. The molecular formula is C8H7N3S. The second-order valence-corrected chi connectivity index (χ2v) is 3.08. The summed E-state index contributed by atoms with van der Waals surface area (Å²) < 4.78 is 0. The number of anilines is 2. The van der Waals surface area contributed by atoms with Crippen LogP contribution < -0.4 is 11.1 Å². The lowest BCUT2D eigenvalue weighted by molar-refractivity contribution is 1.48. The Morgan fingerprint density at radius 1 is 1.67 bits per heavy atom. The lowest BCUT2D eigenvalue weighted by atomic mass is 10.2. The predicted molar refractivity (Wildman–Crippen MR) is 50.9 cm³/mol. The molecule has 1 heterocycles. The molecule has 1 aromatic heterocycles. The largest absolute Gasteiger partial charge is 0.396 e. The van der Waals surface area contributed by atoms with Gasteiger partial charge in [0.25, 0.3) is 0 Å². The van der Waals surface area contributed by atoms with E-state index in [0.29, 0.717) is 16.1 Å². The van der Waals surface area contributed by atoms with Crippen LogP contribution in [0.5, 0.6) is 0 Å². The average molecular weight is 177 g/mol. The van der Waals surface area contributed by atoms with Gasteiger partial charge >= 0.3 is 0 Å². The molecule has 3 N–H and O–H groups in total. The standard InChI is InChI=1S/C8H7N3S/c1-3-6-7(10)5(4-9)8(11-2)12-6/h1,11H,10H2,2H3. The summed E-state index contributed by atoms with van der Waals surface area (Å²) in [5.74, 6) is 2.43. The molecule has 3 nitrogen and oxygen atoms in total. The van der Waals surface area contributed by atoms with Crippen LogP contribution in [0.25, 0.3) is 0 Å². The van der Waals surface area contributed by atoms with Crippen molar-refractivity contribution < 1.29 is 0 Å². The molecule has 0 aliphatic carbocycles. The third-order valence-corrected chi connectivity index (χ3v) is 2.57. The van der Waals surface area contributed by atoms with Crippen LogP contribution in [0.3, 0.4) is 0 Å². The summed E-state index contributed by atoms with van der Waals surface area (Å²) in [6, 6.07) is 2.00. The van der Waals surface area contributed by atoms with Gasteiger partial charge < -0.3 is 11.1 Å². The lowest BCUT2D eigenvalue weighted by Crippen LogP contribution is -1.91. The summed E-state index contributed by atoms with van der Waals surface area (Å²) >= 11 is 1.32. The fraction of sp³-hybridized carbons (Fsp3) is 0.125. The van der Waals surface area contributed by atoms with E-state index < -0.39 is 0 Å². The van der Waals surface area contributed by atoms with Gasteiger partial charge in [-0.25, -0.2) is 0 Å². The maximum Gasteiger partial charge on any atom is 0.111 e. The van der Waals surface area contributed by atoms with Gasteiger partial charge in [-0.1, -0.05) is 5.92 Å². The molecule has 0 spiro atoms. The zero-order chi connectivity index (χ0) is 9.14. The highest BCUT2D eigenvalue weighted by Crippen LogP contribution is 2.33. The first-order valence-corrected chi connectivity index (χ1v) is 4.03. The minimum atomic E-state index is 0.398. The van der Waals surface area contributed by atoms with Crippen LogP contribution in [-0.2, 0) is 0 Å². The lowest BCUT2D eigenvalue weighted by Gasteiger charge is -1.92. The molecule has 0 amide bonds. The van der Waals surface area contributed by atoms with Crippen LogP contribution in [-0.4, -0.2) is 7.05 Å². The first-order chi connectivity index (χ1) is 5.74. The number of thiophene rings is 1. The van der Waals surface area contributed by atoms with E-state index in [0.717, 1.165) is 5.00 Å². The van der Waals surface area contributed by atoms with Crippen molar-refractivity contribution in [3.63, 3.8) is 0 Å². The Bertz CT molecular complexity index is 378. The molecule has 0 aliphatic rings. The molecule has 0 unspecified atom stereocenters. The highest BCUT2D eigenvalue weighted by Gasteiger charge is 2.12. The Balaban J connectivity index is 3.37. The second-order valence-electron chi connectivity index (χ2n) is 2.06. The van der Waals surface area contributed by atoms with Crippen LogP contribution in [0, 0.1) is 23.7 Å². The quantitative estimate of drug-likeness (QED) is 0.634. The zero-order valence-corrected chi connectivity index (χ0v) is 7.33. The molecule has 0 fully saturated rings. The highest BCUT2D eigenvalue weighted by molar-refractivity contribution is 7.17. The van der Waals surface area contributed by atoms with E-state index in [9.17, 15) is 0 Å². The molecule has 1 aromatic rings. The number of hydrogen-bond acceptors (Lipinski definition) is 4. The maximum absolute atomic E-state index is 8.71. The summed E-state index contributed by atoms with van der Waals surface area (Å²) in [7, 11) is 1.73. The fourth-order valence-electron chi connectivity index (χ4n) is 0.838. The second kappa shape index (κ2) is 3.17. The molecule has 0 saturated heterocycles. The highest BCUT2D eigenvalue weighted by atomic mass is 32.1. The van der Waals surface area contributed by atoms with Gasteiger partial charge in [0.05, 0.1) is 5.69 Å². The first-order valence-electron chi connectivity index (χ1n) is 3.21. The van der Waals surface area contributed by atoms with Gasteiger partial charge in [-0.2, -0.15) is 5.26 Å². The van der Waals surface area contributed by atoms with Gasteiger partial charge in [-0.05, 0) is 0 Å². The normalized spacial score (nSPS) is 8.58. The SMILES string of the molecule is C#Cc1sc(NC)c(C#N)c1N. The Morgan fingerprint density at radius 3 is 2.67 bits per heavy atom. The topological polar surface area (TPSA) is 61.8 Å². The Kier molecular flexibility index (Phi) is 2.23. The summed E-state index contributed by atoms with van der Waals surface area (Å²) in [6.07, 6.45) is 5.19. The monoisotopic (exact) mass is 177 g/mol. The van der Waals surface area contributed by atoms with Gasteiger partial charge in [0.2, 0.25) is 0 Å². The van der Waals surface area contributed by atoms with E-state index in [1.54, 1.807) is 7.05 Å². The van der Waals surface area contributed by atoms with Crippen molar-refractivity contribution in [3.8, 4) is 18.4 Å². The molecule has 0 radical (unpaired) electrons. The van der Waals surface area contributed by atoms with E-state index in [-0.39, 0.29) is 0 Å². The fourth-order valence-corrected chi connectivity index (χ4v) is 1.67. The van der Waals surface area contributed by atoms with Crippen molar-refractivity contribution in [3.05, 3.63) is 10.4 Å². The number of nitrogens with one attached hydrogen (secondary N) is 1. The van der Waals surface area contributed by atoms with Crippen LogP contribution >= 0.6 is 11.3 Å². The zero-order valence-electron chi connectivity index (χ0n) is 6.51. The van der Waals surface area contributed by atoms with E-state index >= 15 is 0 Å². The molecular weight excluding hydrogens is 170 g/mol. The van der Waals surface area contributed by atoms with Crippen molar-refractivity contribution in [2.45, 2.75) is 0 Å². The van der Waals surface area contributed by atoms with Crippen molar-refractivity contribution in [1.29, 1.82) is 5.26 Å². The van der Waals surface area contributed by atoms with E-state index in [1.807, 2.05) is 6.07 Å². The smallest absolute Gasteiger partial charge is 0.111 e. The van der Waals surface area contributed by atoms with Gasteiger partial charge in [0.1, 0.15) is 21.5 Å². The van der Waals surface area contributed by atoms with Gasteiger partial charge in [0, 0.05) is 7.05 Å². The average Bonchev–Trinajstić information content (AvgIpc) is 2.41. The molecule has 0 aliphatic heterocycles. The van der Waals surface area contributed by atoms with Crippen molar-refractivity contribution >= 4 is 22.0 Å². The van der Waals surface area contributed by atoms with Crippen LogP contribution in [0.1, 0.15) is 10.4 Å². The number of nitrogens with two attached hydrogens (primary N) is 1. The molecule has 1 rings (SSSR count). The number of hydrogen-bond donors (Lipinski definition) is 2. The van der Waals surface area contributed by atoms with Gasteiger partial charge in [0.15, 0.2) is 0 Å². The molecule has 0 atom stereocenters. The number of nitrogen functional groups attached to an aromatic ring is 1. The molecule has 0 aromatic carbocycles. The molecule has 4 heteroatoms. The summed E-state index contributed by atoms with van der Waals surface area (Å²) in [5.41, 5.74) is 6.44. The Hall–Kier alpha value is -1.65. The minimum absolute atomic E-state index is 0.398. The van der Waals surface area contributed by atoms with Crippen molar-refractivity contribution in [2.24, 2.45) is 0 Å². The van der Waals surface area contributed by atoms with Crippen molar-refractivity contribution in [2.75, 3.05) is 18.1 Å². The van der Waals surface area contributed by atoms with Crippen LogP contribution in [0.15, 0.2) is 0 Å². The molecule has 0 saturated carbocycles.